The van der Waals surface area contributed by atoms with Crippen molar-refractivity contribution in [3.05, 3.63) is 20.2 Å². The summed E-state index contributed by atoms with van der Waals surface area (Å²) >= 11 is 0. The molecule has 0 spiro atoms. The van der Waals surface area contributed by atoms with Gasteiger partial charge < -0.3 is 20.4 Å². The van der Waals surface area contributed by atoms with E-state index in [-0.39, 0.29) is 0 Å². The van der Waals surface area contributed by atoms with Crippen LogP contribution in [-0.2, 0) is 0 Å². The van der Waals surface area contributed by atoms with Gasteiger partial charge >= 0.3 is 0 Å². The average Bonchev–Trinajstić information content (AvgIpc) is 3.11. The van der Waals surface area contributed by atoms with E-state index >= 15 is 0 Å². The lowest BCUT2D eigenvalue weighted by Gasteiger charge is -2.16. The van der Waals surface area contributed by atoms with Crippen LogP contribution in [0.5, 0.6) is 0 Å². The Bertz CT molecular complexity index is 477. The molecule has 2 heterocycles. The Morgan fingerprint density at radius 2 is 1.25 bits per heavy atom. The molecular formula is C12H22N8O4. The van der Waals surface area contributed by atoms with E-state index in [0.717, 1.165) is 51.9 Å². The first kappa shape index (κ1) is 17.7. The summed E-state index contributed by atoms with van der Waals surface area (Å²) in [5.74, 6) is 0.674. The van der Waals surface area contributed by atoms with E-state index in [1.807, 2.05) is 9.80 Å². The minimum Gasteiger partial charge on any atom is -0.349 e. The van der Waals surface area contributed by atoms with Crippen LogP contribution in [0.25, 0.3) is 0 Å². The van der Waals surface area contributed by atoms with Crippen molar-refractivity contribution in [3.8, 4) is 0 Å². The van der Waals surface area contributed by atoms with Crippen molar-refractivity contribution in [2.24, 2.45) is 10.2 Å². The molecule has 0 aromatic heterocycles. The van der Waals surface area contributed by atoms with E-state index in [1.165, 1.54) is 0 Å². The second-order valence-electron chi connectivity index (χ2n) is 5.56. The molecule has 0 radical (unpaired) electrons. The molecule has 0 aromatic carbocycles. The van der Waals surface area contributed by atoms with Crippen molar-refractivity contribution in [2.45, 2.75) is 25.7 Å². The smallest absolute Gasteiger partial charge is 0.271 e. The van der Waals surface area contributed by atoms with Crippen molar-refractivity contribution in [3.63, 3.8) is 0 Å². The molecule has 0 saturated carbocycles. The van der Waals surface area contributed by atoms with Crippen molar-refractivity contribution in [1.29, 1.82) is 0 Å². The monoisotopic (exact) mass is 342 g/mol. The largest absolute Gasteiger partial charge is 0.349 e. The molecule has 24 heavy (non-hydrogen) atoms. The fraction of sp³-hybridized carbons (Fsp3) is 0.833. The predicted octanol–water partition coefficient (Wildman–Crippen LogP) is -0.547. The molecule has 0 aromatic rings. The highest BCUT2D eigenvalue weighted by Gasteiger charge is 2.21. The van der Waals surface area contributed by atoms with E-state index < -0.39 is 10.1 Å². The molecule has 0 aliphatic carbocycles. The third-order valence-electron chi connectivity index (χ3n) is 3.89. The molecule has 2 fully saturated rings. The second kappa shape index (κ2) is 8.84. The Morgan fingerprint density at radius 3 is 1.62 bits per heavy atom. The maximum Gasteiger partial charge on any atom is 0.271 e. The van der Waals surface area contributed by atoms with Gasteiger partial charge in [0.05, 0.1) is 0 Å². The molecule has 2 saturated heterocycles. The van der Waals surface area contributed by atoms with Crippen molar-refractivity contribution in [1.82, 2.24) is 20.4 Å². The summed E-state index contributed by atoms with van der Waals surface area (Å²) in [5, 5.41) is 31.9. The number of nitrogens with one attached hydrogen (secondary N) is 2. The van der Waals surface area contributed by atoms with Crippen LogP contribution in [0, 0.1) is 20.2 Å². The molecule has 134 valence electrons. The first-order valence-corrected chi connectivity index (χ1v) is 8.00. The van der Waals surface area contributed by atoms with Crippen molar-refractivity contribution < 1.29 is 10.1 Å². The lowest BCUT2D eigenvalue weighted by atomic mass is 10.2. The Morgan fingerprint density at radius 1 is 0.833 bits per heavy atom. The lowest BCUT2D eigenvalue weighted by molar-refractivity contribution is -0.485. The Hall–Kier alpha value is -2.66. The van der Waals surface area contributed by atoms with Crippen LogP contribution in [-0.4, -0.2) is 71.1 Å². The fourth-order valence-electron chi connectivity index (χ4n) is 2.79. The Kier molecular flexibility index (Phi) is 6.51. The second-order valence-corrected chi connectivity index (χ2v) is 5.56. The molecule has 2 rings (SSSR count). The molecule has 0 unspecified atom stereocenters. The predicted molar refractivity (Wildman–Crippen MR) is 86.5 cm³/mol. The standard InChI is InChI=1S/C12H22N8O4/c21-19(22)15-11-13-5-9-17(11)7-3-1-2-4-8-18-10-6-14-12(18)16-20(23)24/h1-10H2,(H,13,15)(H,14,16). The first-order valence-electron chi connectivity index (χ1n) is 8.00. The van der Waals surface area contributed by atoms with E-state index in [2.05, 4.69) is 20.8 Å². The summed E-state index contributed by atoms with van der Waals surface area (Å²) < 4.78 is 0. The van der Waals surface area contributed by atoms with Gasteiger partial charge in [0.25, 0.3) is 11.9 Å². The molecule has 12 heteroatoms. The van der Waals surface area contributed by atoms with Gasteiger partial charge in [0.15, 0.2) is 10.1 Å². The van der Waals surface area contributed by atoms with Crippen LogP contribution < -0.4 is 10.6 Å². The number of rotatable bonds is 9. The summed E-state index contributed by atoms with van der Waals surface area (Å²) in [6.07, 6.45) is 3.83. The minimum atomic E-state index is -0.686. The van der Waals surface area contributed by atoms with Gasteiger partial charge in [0.2, 0.25) is 0 Å². The van der Waals surface area contributed by atoms with Crippen molar-refractivity contribution in [2.75, 3.05) is 39.3 Å². The third-order valence-corrected chi connectivity index (χ3v) is 3.89. The number of nitro groups is 2. The zero-order valence-corrected chi connectivity index (χ0v) is 13.4. The van der Waals surface area contributed by atoms with E-state index in [4.69, 9.17) is 0 Å². The summed E-state index contributed by atoms with van der Waals surface area (Å²) in [6, 6.07) is 0. The highest BCUT2D eigenvalue weighted by Crippen LogP contribution is 2.07. The van der Waals surface area contributed by atoms with E-state index in [1.54, 1.807) is 0 Å². The lowest BCUT2D eigenvalue weighted by Crippen LogP contribution is -2.32. The van der Waals surface area contributed by atoms with Crippen LogP contribution >= 0.6 is 0 Å². The van der Waals surface area contributed by atoms with Gasteiger partial charge in [-0.15, -0.1) is 0 Å². The van der Waals surface area contributed by atoms with Crippen molar-refractivity contribution >= 4 is 11.9 Å². The molecule has 0 amide bonds. The number of hydrogen-bond acceptors (Lipinski definition) is 4. The van der Waals surface area contributed by atoms with Crippen LogP contribution in [0.2, 0.25) is 0 Å². The zero-order chi connectivity index (χ0) is 17.4. The number of guanidine groups is 2. The normalized spacial score (nSPS) is 20.5. The summed E-state index contributed by atoms with van der Waals surface area (Å²) in [4.78, 5) is 24.6. The molecule has 12 nitrogen and oxygen atoms in total. The fourth-order valence-corrected chi connectivity index (χ4v) is 2.79. The van der Waals surface area contributed by atoms with Gasteiger partial charge in [-0.2, -0.15) is 0 Å². The molecule has 2 aliphatic heterocycles. The van der Waals surface area contributed by atoms with Gasteiger partial charge in [-0.1, -0.05) is 12.8 Å². The molecular weight excluding hydrogens is 320 g/mol. The number of hydrazone groups is 2. The van der Waals surface area contributed by atoms with E-state index in [9.17, 15) is 20.2 Å². The van der Waals surface area contributed by atoms with E-state index in [0.29, 0.717) is 25.0 Å². The van der Waals surface area contributed by atoms with Crippen LogP contribution in [0.3, 0.4) is 0 Å². The van der Waals surface area contributed by atoms with Crippen LogP contribution in [0.4, 0.5) is 0 Å². The molecule has 0 atom stereocenters. The van der Waals surface area contributed by atoms with Crippen LogP contribution in [0.15, 0.2) is 10.2 Å². The Labute approximate surface area is 138 Å². The van der Waals surface area contributed by atoms with Crippen LogP contribution in [0.1, 0.15) is 25.7 Å². The number of hydrogen-bond donors (Lipinski definition) is 2. The number of unbranched alkanes of at least 4 members (excludes halogenated alkanes) is 3. The molecule has 2 aliphatic rings. The third kappa shape index (κ3) is 5.52. The van der Waals surface area contributed by atoms with Gasteiger partial charge in [0.1, 0.15) is 10.2 Å². The molecule has 2 N–H and O–H groups in total. The quantitative estimate of drug-likeness (QED) is 0.323. The molecule has 0 bridgehead atoms. The SMILES string of the molecule is O=[N+]([O-])N=C1NCCN1CCCCCCN1CCNC1=N[N+](=O)[O-]. The van der Waals surface area contributed by atoms with Gasteiger partial charge in [0, 0.05) is 39.3 Å². The summed E-state index contributed by atoms with van der Waals surface area (Å²) in [7, 11) is 0. The highest BCUT2D eigenvalue weighted by atomic mass is 16.7. The maximum absolute atomic E-state index is 10.4. The minimum absolute atomic E-state index is 0.337. The highest BCUT2D eigenvalue weighted by molar-refractivity contribution is 5.81. The number of nitrogens with zero attached hydrogens (tertiary/aromatic N) is 6. The Balaban J connectivity index is 1.60. The first-order chi connectivity index (χ1) is 11.6. The van der Waals surface area contributed by atoms with Gasteiger partial charge in [-0.3, -0.25) is 0 Å². The zero-order valence-electron chi connectivity index (χ0n) is 13.4. The topological polar surface area (TPSA) is 142 Å². The van der Waals surface area contributed by atoms with Gasteiger partial charge in [-0.05, 0) is 12.8 Å². The summed E-state index contributed by atoms with van der Waals surface area (Å²) in [6.45, 7) is 4.28. The average molecular weight is 342 g/mol. The maximum atomic E-state index is 10.4. The van der Waals surface area contributed by atoms with Gasteiger partial charge in [-0.25, -0.2) is 20.2 Å². The summed E-state index contributed by atoms with van der Waals surface area (Å²) in [5.41, 5.74) is 0.